The van der Waals surface area contributed by atoms with Crippen molar-refractivity contribution >= 4 is 10.0 Å². The Balaban J connectivity index is 2.22. The van der Waals surface area contributed by atoms with Gasteiger partial charge in [-0.15, -0.1) is 0 Å². The van der Waals surface area contributed by atoms with Crippen LogP contribution in [-0.4, -0.2) is 27.9 Å². The third kappa shape index (κ3) is 5.88. The quantitative estimate of drug-likeness (QED) is 0.729. The zero-order valence-electron chi connectivity index (χ0n) is 10.5. The van der Waals surface area contributed by atoms with Gasteiger partial charge in [-0.05, 0) is 31.4 Å². The van der Waals surface area contributed by atoms with Crippen molar-refractivity contribution < 1.29 is 17.9 Å². The normalized spacial score (nSPS) is 11.2. The van der Waals surface area contributed by atoms with Crippen molar-refractivity contribution in [3.63, 3.8) is 0 Å². The van der Waals surface area contributed by atoms with Gasteiger partial charge in [0.15, 0.2) is 11.5 Å². The van der Waals surface area contributed by atoms with Crippen LogP contribution in [0.3, 0.4) is 0 Å². The number of para-hydroxylation sites is 2. The van der Waals surface area contributed by atoms with Crippen LogP contribution in [0.4, 0.5) is 0 Å². The molecule has 1 rings (SSSR count). The predicted molar refractivity (Wildman–Crippen MR) is 70.3 cm³/mol. The summed E-state index contributed by atoms with van der Waals surface area (Å²) in [5.74, 6) is 1.43. The number of ether oxygens (including phenoxy) is 2. The maximum atomic E-state index is 10.7. The predicted octanol–water partition coefficient (Wildman–Crippen LogP) is 1.53. The standard InChI is InChI=1S/C12H19NO4S/c1-16-11-7-3-4-8-12(11)17-9-5-2-6-10-18(13,14)15/h3-4,7-8H,2,5-6,9-10H2,1H3,(H2,13,14,15). The summed E-state index contributed by atoms with van der Waals surface area (Å²) in [5.41, 5.74) is 0. The number of methoxy groups -OCH3 is 1. The average Bonchev–Trinajstić information content (AvgIpc) is 2.32. The molecule has 1 aromatic carbocycles. The molecule has 0 radical (unpaired) electrons. The molecule has 0 spiro atoms. The van der Waals surface area contributed by atoms with Crippen LogP contribution in [0.25, 0.3) is 0 Å². The Morgan fingerprint density at radius 2 is 1.78 bits per heavy atom. The van der Waals surface area contributed by atoms with E-state index < -0.39 is 10.0 Å². The van der Waals surface area contributed by atoms with Gasteiger partial charge in [-0.3, -0.25) is 0 Å². The lowest BCUT2D eigenvalue weighted by atomic mass is 10.2. The molecule has 0 fully saturated rings. The van der Waals surface area contributed by atoms with Crippen molar-refractivity contribution in [2.24, 2.45) is 5.14 Å². The van der Waals surface area contributed by atoms with Gasteiger partial charge in [-0.1, -0.05) is 12.1 Å². The maximum Gasteiger partial charge on any atom is 0.209 e. The average molecular weight is 273 g/mol. The number of rotatable bonds is 8. The molecule has 0 unspecified atom stereocenters. The molecule has 0 saturated carbocycles. The minimum atomic E-state index is -3.33. The Labute approximate surface area is 108 Å². The van der Waals surface area contributed by atoms with Gasteiger partial charge in [0.1, 0.15) is 0 Å². The highest BCUT2D eigenvalue weighted by Crippen LogP contribution is 2.25. The van der Waals surface area contributed by atoms with Crippen molar-refractivity contribution in [1.82, 2.24) is 0 Å². The summed E-state index contributed by atoms with van der Waals surface area (Å²) >= 11 is 0. The van der Waals surface area contributed by atoms with Gasteiger partial charge >= 0.3 is 0 Å². The Hall–Kier alpha value is -1.27. The lowest BCUT2D eigenvalue weighted by Gasteiger charge is -2.09. The van der Waals surface area contributed by atoms with E-state index in [2.05, 4.69) is 0 Å². The van der Waals surface area contributed by atoms with E-state index in [1.54, 1.807) is 7.11 Å². The van der Waals surface area contributed by atoms with Crippen LogP contribution in [0.1, 0.15) is 19.3 Å². The van der Waals surface area contributed by atoms with Crippen molar-refractivity contribution in [2.75, 3.05) is 19.5 Å². The third-order valence-electron chi connectivity index (χ3n) is 2.40. The van der Waals surface area contributed by atoms with E-state index in [1.807, 2.05) is 24.3 Å². The molecular weight excluding hydrogens is 254 g/mol. The van der Waals surface area contributed by atoms with Gasteiger partial charge in [0, 0.05) is 0 Å². The van der Waals surface area contributed by atoms with E-state index in [0.29, 0.717) is 24.5 Å². The molecule has 1 aromatic rings. The van der Waals surface area contributed by atoms with Gasteiger partial charge < -0.3 is 9.47 Å². The van der Waals surface area contributed by atoms with Gasteiger partial charge in [-0.2, -0.15) is 0 Å². The molecule has 102 valence electrons. The lowest BCUT2D eigenvalue weighted by Crippen LogP contribution is -2.16. The van der Waals surface area contributed by atoms with E-state index in [1.165, 1.54) is 0 Å². The van der Waals surface area contributed by atoms with Gasteiger partial charge in [0.25, 0.3) is 0 Å². The molecule has 5 nitrogen and oxygen atoms in total. The van der Waals surface area contributed by atoms with Crippen LogP contribution in [0, 0.1) is 0 Å². The summed E-state index contributed by atoms with van der Waals surface area (Å²) in [6.07, 6.45) is 2.12. The zero-order chi connectivity index (χ0) is 13.4. The molecular formula is C12H19NO4S. The molecule has 0 amide bonds. The number of primary sulfonamides is 1. The summed E-state index contributed by atoms with van der Waals surface area (Å²) < 4.78 is 32.1. The van der Waals surface area contributed by atoms with E-state index in [0.717, 1.165) is 12.8 Å². The Bertz CT molecular complexity index is 459. The molecule has 0 aliphatic heterocycles. The highest BCUT2D eigenvalue weighted by atomic mass is 32.2. The highest BCUT2D eigenvalue weighted by molar-refractivity contribution is 7.89. The van der Waals surface area contributed by atoms with Crippen LogP contribution < -0.4 is 14.6 Å². The van der Waals surface area contributed by atoms with E-state index in [4.69, 9.17) is 14.6 Å². The fourth-order valence-corrected chi connectivity index (χ4v) is 2.11. The van der Waals surface area contributed by atoms with E-state index in [-0.39, 0.29) is 5.75 Å². The number of unbranched alkanes of at least 4 members (excludes halogenated alkanes) is 2. The van der Waals surface area contributed by atoms with Crippen molar-refractivity contribution in [2.45, 2.75) is 19.3 Å². The van der Waals surface area contributed by atoms with Gasteiger partial charge in [0.2, 0.25) is 10.0 Å². The highest BCUT2D eigenvalue weighted by Gasteiger charge is 2.03. The third-order valence-corrected chi connectivity index (χ3v) is 3.26. The van der Waals surface area contributed by atoms with Crippen molar-refractivity contribution in [3.05, 3.63) is 24.3 Å². The molecule has 0 heterocycles. The first-order chi connectivity index (χ1) is 8.53. The molecule has 2 N–H and O–H groups in total. The fourth-order valence-electron chi connectivity index (χ4n) is 1.50. The van der Waals surface area contributed by atoms with Gasteiger partial charge in [-0.25, -0.2) is 13.6 Å². The first kappa shape index (κ1) is 14.8. The van der Waals surface area contributed by atoms with E-state index in [9.17, 15) is 8.42 Å². The largest absolute Gasteiger partial charge is 0.493 e. The molecule has 0 bridgehead atoms. The summed E-state index contributed by atoms with van der Waals surface area (Å²) in [6.45, 7) is 0.533. The summed E-state index contributed by atoms with van der Waals surface area (Å²) in [6, 6.07) is 7.41. The number of nitrogens with two attached hydrogens (primary N) is 1. The molecule has 6 heteroatoms. The minimum absolute atomic E-state index is 0.0294. The molecule has 0 saturated heterocycles. The lowest BCUT2D eigenvalue weighted by molar-refractivity contribution is 0.286. The van der Waals surface area contributed by atoms with Gasteiger partial charge in [0.05, 0.1) is 19.5 Å². The van der Waals surface area contributed by atoms with Crippen molar-refractivity contribution in [3.8, 4) is 11.5 Å². The number of hydrogen-bond donors (Lipinski definition) is 1. The zero-order valence-corrected chi connectivity index (χ0v) is 11.3. The second-order valence-corrected chi connectivity index (χ2v) is 5.66. The van der Waals surface area contributed by atoms with Crippen LogP contribution in [0.2, 0.25) is 0 Å². The van der Waals surface area contributed by atoms with Crippen molar-refractivity contribution in [1.29, 1.82) is 0 Å². The maximum absolute atomic E-state index is 10.7. The summed E-state index contributed by atoms with van der Waals surface area (Å²) in [4.78, 5) is 0. The number of hydrogen-bond acceptors (Lipinski definition) is 4. The van der Waals surface area contributed by atoms with Crippen LogP contribution in [-0.2, 0) is 10.0 Å². The van der Waals surface area contributed by atoms with Crippen LogP contribution in [0.15, 0.2) is 24.3 Å². The summed E-state index contributed by atoms with van der Waals surface area (Å²) in [5, 5.41) is 4.90. The first-order valence-electron chi connectivity index (χ1n) is 5.79. The topological polar surface area (TPSA) is 78.6 Å². The SMILES string of the molecule is COc1ccccc1OCCCCCS(N)(=O)=O. The Morgan fingerprint density at radius 1 is 1.11 bits per heavy atom. The monoisotopic (exact) mass is 273 g/mol. The molecule has 0 aliphatic rings. The van der Waals surface area contributed by atoms with Crippen LogP contribution in [0.5, 0.6) is 11.5 Å². The Morgan fingerprint density at radius 3 is 2.39 bits per heavy atom. The first-order valence-corrected chi connectivity index (χ1v) is 7.51. The minimum Gasteiger partial charge on any atom is -0.493 e. The fraction of sp³-hybridized carbons (Fsp3) is 0.500. The number of sulfonamides is 1. The second-order valence-electron chi connectivity index (χ2n) is 3.93. The summed E-state index contributed by atoms with van der Waals surface area (Å²) in [7, 11) is -1.74. The molecule has 18 heavy (non-hydrogen) atoms. The molecule has 0 atom stereocenters. The molecule has 0 aromatic heterocycles. The number of benzene rings is 1. The Kier molecular flexibility index (Phi) is 5.94. The van der Waals surface area contributed by atoms with Crippen LogP contribution >= 0.6 is 0 Å². The second kappa shape index (κ2) is 7.23. The molecule has 0 aliphatic carbocycles. The van der Waals surface area contributed by atoms with E-state index >= 15 is 0 Å². The smallest absolute Gasteiger partial charge is 0.209 e.